The summed E-state index contributed by atoms with van der Waals surface area (Å²) >= 11 is 0. The Balaban J connectivity index is 1.32. The van der Waals surface area contributed by atoms with Crippen LogP contribution in [0, 0.1) is 34.8 Å². The Kier molecular flexibility index (Phi) is 7.80. The van der Waals surface area contributed by atoms with Gasteiger partial charge in [-0.1, -0.05) is 0 Å². The first kappa shape index (κ1) is 29.3. The number of carbonyl (C=O) groups is 1. The number of nitrogens with one attached hydrogen (secondary N) is 1. The standard InChI is InChI=1S/C31H31F2N5O6/c1-38-10-9-36-29(38)19-13-18(42-26-16-4-3-15(11-16)24(26)31(40)41-2)6-8-22(19)43-27-20(32)14-37-30(25(27)33)44-23-12-17(28(34)35)5-7-21(23)39/h5-9,12-16,24,26,29,39H,3-4,10-11H2,1-2H3,(H3,34,35). The van der Waals surface area contributed by atoms with Crippen LogP contribution in [0.3, 0.4) is 0 Å². The van der Waals surface area contributed by atoms with Crippen LogP contribution in [0.4, 0.5) is 8.78 Å². The number of pyridine rings is 1. The predicted octanol–water partition coefficient (Wildman–Crippen LogP) is 4.92. The zero-order valence-electron chi connectivity index (χ0n) is 24.0. The highest BCUT2D eigenvalue weighted by atomic mass is 19.1. The second-order valence-corrected chi connectivity index (χ2v) is 11.2. The number of methoxy groups -OCH3 is 1. The lowest BCUT2D eigenvalue weighted by atomic mass is 9.86. The van der Waals surface area contributed by atoms with Gasteiger partial charge in [-0.3, -0.25) is 20.1 Å². The summed E-state index contributed by atoms with van der Waals surface area (Å²) in [7, 11) is 3.22. The van der Waals surface area contributed by atoms with Crippen molar-refractivity contribution in [2.24, 2.45) is 28.5 Å². The molecule has 44 heavy (non-hydrogen) atoms. The van der Waals surface area contributed by atoms with Gasteiger partial charge in [-0.25, -0.2) is 9.37 Å². The van der Waals surface area contributed by atoms with E-state index in [-0.39, 0.29) is 58.5 Å². The zero-order chi connectivity index (χ0) is 31.1. The highest BCUT2D eigenvalue weighted by molar-refractivity contribution is 5.95. The number of fused-ring (bicyclic) bond motifs is 2. The highest BCUT2D eigenvalue weighted by Gasteiger charge is 2.53. The molecule has 230 valence electrons. The lowest BCUT2D eigenvalue weighted by molar-refractivity contribution is -0.151. The Hall–Kier alpha value is -4.78. The number of amidine groups is 1. The minimum Gasteiger partial charge on any atom is -0.504 e. The smallest absolute Gasteiger partial charge is 0.312 e. The fourth-order valence-corrected chi connectivity index (χ4v) is 6.30. The number of benzene rings is 2. The number of rotatable bonds is 9. The maximum absolute atomic E-state index is 15.7. The minimum absolute atomic E-state index is 0.113. The fraction of sp³-hybridized carbons (Fsp3) is 0.355. The quantitative estimate of drug-likeness (QED) is 0.175. The van der Waals surface area contributed by atoms with Gasteiger partial charge in [0.25, 0.3) is 5.88 Å². The summed E-state index contributed by atoms with van der Waals surface area (Å²) in [5.74, 6) is -4.33. The van der Waals surface area contributed by atoms with Crippen LogP contribution in [0.25, 0.3) is 0 Å². The number of aromatic hydroxyl groups is 1. The number of nitrogen functional groups attached to an aromatic ring is 1. The van der Waals surface area contributed by atoms with E-state index in [1.807, 2.05) is 11.9 Å². The van der Waals surface area contributed by atoms with E-state index in [4.69, 9.17) is 30.1 Å². The summed E-state index contributed by atoms with van der Waals surface area (Å²) in [6.07, 6.45) is 4.41. The van der Waals surface area contributed by atoms with Crippen LogP contribution in [0.2, 0.25) is 0 Å². The van der Waals surface area contributed by atoms with Gasteiger partial charge in [0.2, 0.25) is 11.6 Å². The monoisotopic (exact) mass is 607 g/mol. The third-order valence-electron chi connectivity index (χ3n) is 8.47. The van der Waals surface area contributed by atoms with Crippen molar-refractivity contribution in [2.45, 2.75) is 31.5 Å². The Bertz CT molecular complexity index is 1650. The van der Waals surface area contributed by atoms with E-state index >= 15 is 4.39 Å². The molecule has 2 bridgehead atoms. The third-order valence-corrected chi connectivity index (χ3v) is 8.47. The van der Waals surface area contributed by atoms with Crippen molar-refractivity contribution < 1.29 is 37.6 Å². The number of ether oxygens (including phenoxy) is 4. The van der Waals surface area contributed by atoms with Gasteiger partial charge in [0.1, 0.15) is 29.6 Å². The van der Waals surface area contributed by atoms with Crippen molar-refractivity contribution >= 4 is 18.0 Å². The zero-order valence-corrected chi connectivity index (χ0v) is 24.0. The molecule has 13 heteroatoms. The summed E-state index contributed by atoms with van der Waals surface area (Å²) in [4.78, 5) is 22.7. The van der Waals surface area contributed by atoms with E-state index in [9.17, 15) is 14.3 Å². The molecule has 11 nitrogen and oxygen atoms in total. The van der Waals surface area contributed by atoms with Gasteiger partial charge >= 0.3 is 5.97 Å². The first-order valence-electron chi connectivity index (χ1n) is 14.1. The van der Waals surface area contributed by atoms with E-state index in [1.54, 1.807) is 18.3 Å². The molecule has 1 aliphatic heterocycles. The maximum atomic E-state index is 15.7. The molecule has 5 atom stereocenters. The number of phenolic OH excluding ortho intramolecular Hbond substituents is 1. The molecule has 1 aromatic heterocycles. The topological polar surface area (TPSA) is 153 Å². The molecule has 2 fully saturated rings. The molecule has 0 amide bonds. The van der Waals surface area contributed by atoms with Gasteiger partial charge in [0.15, 0.2) is 17.3 Å². The molecular formula is C31H31F2N5O6. The number of nitrogens with zero attached hydrogens (tertiary/aromatic N) is 3. The second-order valence-electron chi connectivity index (χ2n) is 11.2. The molecule has 2 aromatic carbocycles. The Morgan fingerprint density at radius 1 is 1.11 bits per heavy atom. The SMILES string of the molecule is COC(=O)C1C2CCC(C2)C1Oc1ccc(Oc2c(F)cnc(Oc3cc(C(=N)N)ccc3O)c2F)c(C2N=CCN2C)c1. The van der Waals surface area contributed by atoms with Crippen molar-refractivity contribution in [1.82, 2.24) is 9.88 Å². The van der Waals surface area contributed by atoms with E-state index in [0.717, 1.165) is 25.5 Å². The summed E-state index contributed by atoms with van der Waals surface area (Å²) in [6.45, 7) is 0.546. The maximum Gasteiger partial charge on any atom is 0.312 e. The van der Waals surface area contributed by atoms with E-state index in [1.165, 1.54) is 31.4 Å². The average Bonchev–Trinajstić information content (AvgIpc) is 3.74. The Labute approximate surface area is 251 Å². The molecule has 5 unspecified atom stereocenters. The Morgan fingerprint density at radius 2 is 1.91 bits per heavy atom. The minimum atomic E-state index is -1.25. The number of nitrogens with two attached hydrogens (primary N) is 1. The van der Waals surface area contributed by atoms with Crippen LogP contribution in [0.5, 0.6) is 34.6 Å². The normalized spacial score (nSPS) is 24.0. The molecule has 2 heterocycles. The molecule has 0 saturated heterocycles. The van der Waals surface area contributed by atoms with E-state index in [0.29, 0.717) is 17.9 Å². The van der Waals surface area contributed by atoms with Crippen LogP contribution in [0.15, 0.2) is 47.6 Å². The van der Waals surface area contributed by atoms with Crippen LogP contribution in [-0.2, 0) is 9.53 Å². The number of halogens is 2. The molecule has 6 rings (SSSR count). The van der Waals surface area contributed by atoms with E-state index in [2.05, 4.69) is 9.98 Å². The summed E-state index contributed by atoms with van der Waals surface area (Å²) in [5, 5.41) is 17.8. The van der Waals surface area contributed by atoms with Crippen molar-refractivity contribution in [3.8, 4) is 34.6 Å². The average molecular weight is 608 g/mol. The number of aromatic nitrogens is 1. The van der Waals surface area contributed by atoms with E-state index < -0.39 is 29.4 Å². The summed E-state index contributed by atoms with van der Waals surface area (Å²) < 4.78 is 53.4. The van der Waals surface area contributed by atoms with Crippen molar-refractivity contribution in [3.63, 3.8) is 0 Å². The Morgan fingerprint density at radius 3 is 2.64 bits per heavy atom. The van der Waals surface area contributed by atoms with Crippen LogP contribution in [0.1, 0.15) is 36.6 Å². The lowest BCUT2D eigenvalue weighted by Crippen LogP contribution is -2.38. The third kappa shape index (κ3) is 5.39. The number of esters is 1. The highest BCUT2D eigenvalue weighted by Crippen LogP contribution is 2.51. The van der Waals surface area contributed by atoms with Gasteiger partial charge in [-0.2, -0.15) is 4.39 Å². The second kappa shape index (κ2) is 11.7. The molecule has 2 saturated carbocycles. The number of hydrogen-bond acceptors (Lipinski definition) is 10. The molecule has 3 aliphatic rings. The first-order chi connectivity index (χ1) is 21.1. The molecule has 3 aromatic rings. The number of hydrogen-bond donors (Lipinski definition) is 3. The molecule has 2 aliphatic carbocycles. The van der Waals surface area contributed by atoms with Crippen LogP contribution < -0.4 is 19.9 Å². The molecule has 0 radical (unpaired) electrons. The lowest BCUT2D eigenvalue weighted by Gasteiger charge is -2.30. The van der Waals surface area contributed by atoms with Gasteiger partial charge in [0, 0.05) is 23.9 Å². The molecule has 0 spiro atoms. The van der Waals surface area contributed by atoms with Crippen molar-refractivity contribution in [1.29, 1.82) is 5.41 Å². The number of aliphatic imine (C=N–C) groups is 1. The molecular weight excluding hydrogens is 576 g/mol. The summed E-state index contributed by atoms with van der Waals surface area (Å²) in [5.41, 5.74) is 6.21. The predicted molar refractivity (Wildman–Crippen MR) is 154 cm³/mol. The number of carbonyl (C=O) groups excluding carboxylic acids is 1. The largest absolute Gasteiger partial charge is 0.504 e. The summed E-state index contributed by atoms with van der Waals surface area (Å²) in [6, 6.07) is 8.71. The van der Waals surface area contributed by atoms with Gasteiger partial charge in [-0.05, 0) is 74.5 Å². The van der Waals surface area contributed by atoms with Crippen molar-refractivity contribution in [2.75, 3.05) is 20.7 Å². The fourth-order valence-electron chi connectivity index (χ4n) is 6.30. The van der Waals surface area contributed by atoms with Crippen molar-refractivity contribution in [3.05, 3.63) is 65.4 Å². The van der Waals surface area contributed by atoms with Crippen LogP contribution in [-0.4, -0.2) is 59.8 Å². The van der Waals surface area contributed by atoms with Gasteiger partial charge in [0.05, 0.1) is 19.2 Å². The van der Waals surface area contributed by atoms with Gasteiger partial charge in [-0.15, -0.1) is 0 Å². The van der Waals surface area contributed by atoms with Crippen LogP contribution >= 0.6 is 0 Å². The number of phenols is 1. The molecule has 4 N–H and O–H groups in total. The first-order valence-corrected chi connectivity index (χ1v) is 14.1. The van der Waals surface area contributed by atoms with Gasteiger partial charge < -0.3 is 29.8 Å².